The van der Waals surface area contributed by atoms with Gasteiger partial charge in [0, 0.05) is 18.0 Å². The summed E-state index contributed by atoms with van der Waals surface area (Å²) in [7, 11) is 0. The molecule has 1 unspecified atom stereocenters. The van der Waals surface area contributed by atoms with Gasteiger partial charge in [-0.25, -0.2) is 0 Å². The lowest BCUT2D eigenvalue weighted by Gasteiger charge is -2.10. The quantitative estimate of drug-likeness (QED) is 0.753. The van der Waals surface area contributed by atoms with Gasteiger partial charge in [-0.2, -0.15) is 0 Å². The van der Waals surface area contributed by atoms with Crippen LogP contribution in [0, 0.1) is 0 Å². The molecule has 0 radical (unpaired) electrons. The topological polar surface area (TPSA) is 28.4 Å². The monoisotopic (exact) mass is 226 g/mol. The van der Waals surface area contributed by atoms with Crippen LogP contribution >= 0.6 is 0 Å². The second kappa shape index (κ2) is 4.28. The Kier molecular flexibility index (Phi) is 2.63. The summed E-state index contributed by atoms with van der Waals surface area (Å²) in [5.41, 5.74) is 2.42. The first-order valence-corrected chi connectivity index (χ1v) is 5.76. The summed E-state index contributed by atoms with van der Waals surface area (Å²) in [5.74, 6) is 0. The highest BCUT2D eigenvalue weighted by Gasteiger charge is 2.42. The third-order valence-electron chi connectivity index (χ3n) is 3.06. The Hall–Kier alpha value is -1.71. The van der Waals surface area contributed by atoms with Crippen molar-refractivity contribution < 1.29 is 4.84 Å². The van der Waals surface area contributed by atoms with Crippen LogP contribution < -0.4 is 0 Å². The average Bonchev–Trinajstić information content (AvgIpc) is 3.20. The highest BCUT2D eigenvalue weighted by atomic mass is 16.8. The molecular weight excluding hydrogens is 212 g/mol. The van der Waals surface area contributed by atoms with Crippen molar-refractivity contribution in [2.24, 2.45) is 0 Å². The van der Waals surface area contributed by atoms with Crippen molar-refractivity contribution in [3.05, 3.63) is 66.0 Å². The maximum Gasteiger partial charge on any atom is 0.180 e. The van der Waals surface area contributed by atoms with E-state index in [2.05, 4.69) is 36.2 Å². The first kappa shape index (κ1) is 10.4. The molecule has 1 aliphatic heterocycles. The van der Waals surface area contributed by atoms with Gasteiger partial charge in [0.2, 0.25) is 0 Å². The standard InChI is InChI=1S/C14H14N2O/c1-11(12-5-3-2-4-6-12)16-14(17-16)13-7-9-15-10-8-13/h2-11,14H,1H3/t11-,14-,16?/m0/s1. The van der Waals surface area contributed by atoms with Gasteiger partial charge in [-0.15, -0.1) is 5.06 Å². The van der Waals surface area contributed by atoms with Crippen LogP contribution in [0.1, 0.15) is 30.3 Å². The predicted octanol–water partition coefficient (Wildman–Crippen LogP) is 3.09. The SMILES string of the molecule is C[C@@H](c1ccccc1)N1O[C@H]1c1ccncc1. The third-order valence-corrected chi connectivity index (χ3v) is 3.06. The van der Waals surface area contributed by atoms with Crippen molar-refractivity contribution in [2.45, 2.75) is 19.2 Å². The van der Waals surface area contributed by atoms with E-state index in [9.17, 15) is 0 Å². The van der Waals surface area contributed by atoms with Gasteiger partial charge in [0.25, 0.3) is 0 Å². The van der Waals surface area contributed by atoms with E-state index in [4.69, 9.17) is 4.84 Å². The van der Waals surface area contributed by atoms with Gasteiger partial charge in [0.1, 0.15) is 0 Å². The van der Waals surface area contributed by atoms with E-state index in [0.717, 1.165) is 5.56 Å². The summed E-state index contributed by atoms with van der Waals surface area (Å²) in [6, 6.07) is 14.6. The summed E-state index contributed by atoms with van der Waals surface area (Å²) < 4.78 is 0. The Morgan fingerprint density at radius 3 is 2.53 bits per heavy atom. The van der Waals surface area contributed by atoms with Crippen molar-refractivity contribution in [1.82, 2.24) is 10.0 Å². The van der Waals surface area contributed by atoms with Gasteiger partial charge in [-0.3, -0.25) is 9.82 Å². The summed E-state index contributed by atoms with van der Waals surface area (Å²) in [6.45, 7) is 2.15. The Labute approximate surface area is 101 Å². The molecule has 0 spiro atoms. The van der Waals surface area contributed by atoms with E-state index >= 15 is 0 Å². The van der Waals surface area contributed by atoms with Gasteiger partial charge in [-0.05, 0) is 24.6 Å². The molecule has 2 heterocycles. The number of aromatic nitrogens is 1. The predicted molar refractivity (Wildman–Crippen MR) is 64.8 cm³/mol. The first-order valence-electron chi connectivity index (χ1n) is 5.76. The summed E-state index contributed by atoms with van der Waals surface area (Å²) in [4.78, 5) is 9.63. The van der Waals surface area contributed by atoms with E-state index in [0.29, 0.717) is 0 Å². The molecule has 1 aromatic heterocycles. The lowest BCUT2D eigenvalue weighted by Crippen LogP contribution is -2.05. The molecular formula is C14H14N2O. The maximum absolute atomic E-state index is 5.62. The number of nitrogens with zero attached hydrogens (tertiary/aromatic N) is 2. The molecule has 0 amide bonds. The van der Waals surface area contributed by atoms with E-state index in [-0.39, 0.29) is 12.3 Å². The third kappa shape index (κ3) is 2.07. The second-order valence-corrected chi connectivity index (χ2v) is 4.18. The molecule has 1 aliphatic rings. The maximum atomic E-state index is 5.62. The van der Waals surface area contributed by atoms with E-state index in [1.807, 2.05) is 23.3 Å². The lowest BCUT2D eigenvalue weighted by molar-refractivity contribution is 0.155. The minimum atomic E-state index is 0.0770. The molecule has 3 heteroatoms. The van der Waals surface area contributed by atoms with Crippen LogP contribution in [0.4, 0.5) is 0 Å². The average molecular weight is 226 g/mol. The van der Waals surface area contributed by atoms with Crippen LogP contribution in [0.25, 0.3) is 0 Å². The highest BCUT2D eigenvalue weighted by molar-refractivity contribution is 5.21. The van der Waals surface area contributed by atoms with Crippen LogP contribution in [-0.2, 0) is 4.84 Å². The Bertz CT molecular complexity index is 486. The number of pyridine rings is 1. The van der Waals surface area contributed by atoms with Crippen molar-refractivity contribution in [3.8, 4) is 0 Å². The van der Waals surface area contributed by atoms with Crippen LogP contribution in [0.5, 0.6) is 0 Å². The minimum absolute atomic E-state index is 0.0770. The molecule has 2 aromatic rings. The molecule has 1 aromatic carbocycles. The summed E-state index contributed by atoms with van der Waals surface area (Å²) in [6.07, 6.45) is 3.67. The second-order valence-electron chi connectivity index (χ2n) is 4.18. The summed E-state index contributed by atoms with van der Waals surface area (Å²) in [5, 5.41) is 2.00. The van der Waals surface area contributed by atoms with Crippen molar-refractivity contribution >= 4 is 0 Å². The molecule has 1 saturated heterocycles. The van der Waals surface area contributed by atoms with E-state index in [1.54, 1.807) is 12.4 Å². The molecule has 3 nitrogen and oxygen atoms in total. The Balaban J connectivity index is 1.73. The molecule has 17 heavy (non-hydrogen) atoms. The van der Waals surface area contributed by atoms with Gasteiger partial charge in [0.15, 0.2) is 6.23 Å². The number of hydroxylamine groups is 2. The zero-order chi connectivity index (χ0) is 11.7. The number of benzene rings is 1. The van der Waals surface area contributed by atoms with Crippen LogP contribution in [0.3, 0.4) is 0 Å². The van der Waals surface area contributed by atoms with Crippen molar-refractivity contribution in [2.75, 3.05) is 0 Å². The molecule has 1 fully saturated rings. The fraction of sp³-hybridized carbons (Fsp3) is 0.214. The van der Waals surface area contributed by atoms with Crippen molar-refractivity contribution in [1.29, 1.82) is 0 Å². The van der Waals surface area contributed by atoms with Crippen LogP contribution in [0.2, 0.25) is 0 Å². The van der Waals surface area contributed by atoms with Gasteiger partial charge < -0.3 is 0 Å². The number of hydrogen-bond donors (Lipinski definition) is 0. The van der Waals surface area contributed by atoms with Crippen LogP contribution in [0.15, 0.2) is 54.9 Å². The Morgan fingerprint density at radius 2 is 1.82 bits per heavy atom. The first-order chi connectivity index (χ1) is 8.36. The molecule has 86 valence electrons. The van der Waals surface area contributed by atoms with Crippen molar-refractivity contribution in [3.63, 3.8) is 0 Å². The van der Waals surface area contributed by atoms with Gasteiger partial charge in [0.05, 0.1) is 6.04 Å². The zero-order valence-corrected chi connectivity index (χ0v) is 9.65. The number of rotatable bonds is 3. The van der Waals surface area contributed by atoms with Crippen LogP contribution in [-0.4, -0.2) is 10.0 Å². The number of hydrogen-bond acceptors (Lipinski definition) is 3. The molecule has 3 atom stereocenters. The van der Waals surface area contributed by atoms with Gasteiger partial charge in [-0.1, -0.05) is 30.3 Å². The lowest BCUT2D eigenvalue weighted by atomic mass is 10.1. The van der Waals surface area contributed by atoms with E-state index in [1.165, 1.54) is 5.56 Å². The minimum Gasteiger partial charge on any atom is -0.269 e. The van der Waals surface area contributed by atoms with Gasteiger partial charge >= 0.3 is 0 Å². The van der Waals surface area contributed by atoms with E-state index < -0.39 is 0 Å². The highest BCUT2D eigenvalue weighted by Crippen LogP contribution is 2.43. The fourth-order valence-electron chi connectivity index (χ4n) is 2.00. The smallest absolute Gasteiger partial charge is 0.180 e. The Morgan fingerprint density at radius 1 is 1.12 bits per heavy atom. The molecule has 0 N–H and O–H groups in total. The zero-order valence-electron chi connectivity index (χ0n) is 9.65. The largest absolute Gasteiger partial charge is 0.269 e. The molecule has 0 saturated carbocycles. The normalized spacial score (nSPS) is 24.3. The summed E-state index contributed by atoms with van der Waals surface area (Å²) >= 11 is 0. The molecule has 0 bridgehead atoms. The molecule has 0 aliphatic carbocycles. The fourth-order valence-corrected chi connectivity index (χ4v) is 2.00. The molecule has 3 rings (SSSR count).